The van der Waals surface area contributed by atoms with Crippen LogP contribution in [-0.2, 0) is 10.0 Å². The van der Waals surface area contributed by atoms with Crippen LogP contribution >= 0.6 is 0 Å². The Morgan fingerprint density at radius 1 is 1.35 bits per heavy atom. The molecule has 0 bridgehead atoms. The number of halogens is 1. The molecule has 0 saturated carbocycles. The van der Waals surface area contributed by atoms with Gasteiger partial charge in [-0.3, -0.25) is 0 Å². The third-order valence-corrected chi connectivity index (χ3v) is 4.80. The predicted octanol–water partition coefficient (Wildman–Crippen LogP) is 2.21. The summed E-state index contributed by atoms with van der Waals surface area (Å²) < 4.78 is 39.6. The van der Waals surface area contributed by atoms with E-state index in [2.05, 4.69) is 4.72 Å². The maximum atomic E-state index is 13.0. The van der Waals surface area contributed by atoms with Crippen LogP contribution in [0.2, 0.25) is 0 Å². The van der Waals surface area contributed by atoms with Crippen LogP contribution in [0.5, 0.6) is 0 Å². The van der Waals surface area contributed by atoms with Crippen LogP contribution in [0.1, 0.15) is 32.3 Å². The van der Waals surface area contributed by atoms with E-state index in [1.165, 1.54) is 12.1 Å². The number of nitrogens with one attached hydrogen (secondary N) is 1. The molecule has 114 valence electrons. The molecular weight excluding hydrogens is 281 g/mol. The average molecular weight is 303 g/mol. The Kier molecular flexibility index (Phi) is 5.68. The van der Waals surface area contributed by atoms with Crippen molar-refractivity contribution in [1.82, 2.24) is 4.72 Å². The van der Waals surface area contributed by atoms with Crippen molar-refractivity contribution in [2.75, 3.05) is 13.2 Å². The summed E-state index contributed by atoms with van der Waals surface area (Å²) in [5, 5.41) is 9.12. The summed E-state index contributed by atoms with van der Waals surface area (Å²) in [6, 6.07) is 3.60. The van der Waals surface area contributed by atoms with Crippen molar-refractivity contribution in [3.8, 4) is 0 Å². The number of rotatable bonds is 7. The highest BCUT2D eigenvalue weighted by Gasteiger charge is 2.19. The van der Waals surface area contributed by atoms with Gasteiger partial charge in [0, 0.05) is 13.2 Å². The van der Waals surface area contributed by atoms with Crippen molar-refractivity contribution in [1.29, 1.82) is 0 Å². The van der Waals surface area contributed by atoms with Crippen LogP contribution in [0.25, 0.3) is 0 Å². The summed E-state index contributed by atoms with van der Waals surface area (Å²) in [4.78, 5) is 0.0975. The topological polar surface area (TPSA) is 66.4 Å². The molecule has 0 fully saturated rings. The first-order chi connectivity index (χ1) is 9.18. The number of hydrogen-bond donors (Lipinski definition) is 2. The number of aryl methyl sites for hydroxylation is 1. The van der Waals surface area contributed by atoms with Crippen LogP contribution in [0.4, 0.5) is 4.39 Å². The fourth-order valence-corrected chi connectivity index (χ4v) is 3.14. The van der Waals surface area contributed by atoms with Crippen molar-refractivity contribution < 1.29 is 17.9 Å². The largest absolute Gasteiger partial charge is 0.396 e. The number of benzene rings is 1. The SMILES string of the molecule is Cc1cc(F)ccc1S(=O)(=O)NCCCC(C)(C)CO. The average Bonchev–Trinajstić information content (AvgIpc) is 2.34. The van der Waals surface area contributed by atoms with Gasteiger partial charge in [-0.2, -0.15) is 0 Å². The maximum Gasteiger partial charge on any atom is 0.240 e. The van der Waals surface area contributed by atoms with Crippen molar-refractivity contribution in [2.24, 2.45) is 5.41 Å². The van der Waals surface area contributed by atoms with E-state index >= 15 is 0 Å². The third kappa shape index (κ3) is 4.85. The zero-order valence-corrected chi connectivity index (χ0v) is 12.9. The zero-order valence-electron chi connectivity index (χ0n) is 12.1. The predicted molar refractivity (Wildman–Crippen MR) is 76.4 cm³/mol. The third-order valence-electron chi connectivity index (χ3n) is 3.18. The minimum atomic E-state index is -3.61. The molecule has 1 rings (SSSR count). The molecule has 0 radical (unpaired) electrons. The van der Waals surface area contributed by atoms with Crippen LogP contribution in [0.3, 0.4) is 0 Å². The van der Waals surface area contributed by atoms with Gasteiger partial charge in [0.2, 0.25) is 10.0 Å². The number of aliphatic hydroxyl groups excluding tert-OH is 1. The minimum absolute atomic E-state index is 0.0663. The first kappa shape index (κ1) is 17.1. The van der Waals surface area contributed by atoms with Crippen LogP contribution in [0.15, 0.2) is 23.1 Å². The first-order valence-corrected chi connectivity index (χ1v) is 8.03. The highest BCUT2D eigenvalue weighted by molar-refractivity contribution is 7.89. The summed E-state index contributed by atoms with van der Waals surface area (Å²) in [5.74, 6) is -0.453. The first-order valence-electron chi connectivity index (χ1n) is 6.55. The summed E-state index contributed by atoms with van der Waals surface area (Å²) >= 11 is 0. The van der Waals surface area contributed by atoms with E-state index < -0.39 is 15.8 Å². The van der Waals surface area contributed by atoms with Gasteiger partial charge in [0.25, 0.3) is 0 Å². The van der Waals surface area contributed by atoms with Gasteiger partial charge < -0.3 is 5.11 Å². The molecule has 0 atom stereocenters. The molecule has 0 heterocycles. The molecule has 4 nitrogen and oxygen atoms in total. The fourth-order valence-electron chi connectivity index (χ4n) is 1.84. The molecule has 1 aromatic rings. The van der Waals surface area contributed by atoms with Crippen molar-refractivity contribution >= 4 is 10.0 Å². The Labute approximate surface area is 120 Å². The molecule has 0 aliphatic heterocycles. The molecule has 0 amide bonds. The van der Waals surface area contributed by atoms with E-state index in [-0.39, 0.29) is 16.9 Å². The maximum absolute atomic E-state index is 13.0. The van der Waals surface area contributed by atoms with E-state index in [0.29, 0.717) is 24.9 Å². The van der Waals surface area contributed by atoms with E-state index in [4.69, 9.17) is 5.11 Å². The lowest BCUT2D eigenvalue weighted by Gasteiger charge is -2.21. The van der Waals surface area contributed by atoms with Crippen molar-refractivity contribution in [3.05, 3.63) is 29.6 Å². The quantitative estimate of drug-likeness (QED) is 0.759. The second kappa shape index (κ2) is 6.65. The minimum Gasteiger partial charge on any atom is -0.396 e. The lowest BCUT2D eigenvalue weighted by molar-refractivity contribution is 0.148. The molecule has 0 aliphatic carbocycles. The zero-order chi connectivity index (χ0) is 15.4. The van der Waals surface area contributed by atoms with Gasteiger partial charge in [0.1, 0.15) is 5.82 Å². The Morgan fingerprint density at radius 2 is 2.00 bits per heavy atom. The number of aliphatic hydroxyl groups is 1. The second-order valence-corrected chi connectivity index (χ2v) is 7.47. The highest BCUT2D eigenvalue weighted by atomic mass is 32.2. The Bertz CT molecular complexity index is 556. The van der Waals surface area contributed by atoms with Crippen molar-refractivity contribution in [3.63, 3.8) is 0 Å². The molecule has 0 saturated heterocycles. The number of sulfonamides is 1. The van der Waals surface area contributed by atoms with E-state index in [9.17, 15) is 12.8 Å². The van der Waals surface area contributed by atoms with E-state index in [1.807, 2.05) is 13.8 Å². The molecule has 1 aromatic carbocycles. The Balaban J connectivity index is 2.63. The smallest absolute Gasteiger partial charge is 0.240 e. The molecule has 2 N–H and O–H groups in total. The lowest BCUT2D eigenvalue weighted by atomic mass is 9.89. The Morgan fingerprint density at radius 3 is 2.55 bits per heavy atom. The van der Waals surface area contributed by atoms with Gasteiger partial charge >= 0.3 is 0 Å². The van der Waals surface area contributed by atoms with Crippen LogP contribution in [-0.4, -0.2) is 26.7 Å². The molecule has 0 aromatic heterocycles. The summed E-state index contributed by atoms with van der Waals surface area (Å²) in [7, 11) is -3.61. The van der Waals surface area contributed by atoms with Crippen LogP contribution in [0, 0.1) is 18.2 Å². The van der Waals surface area contributed by atoms with E-state index in [0.717, 1.165) is 6.07 Å². The normalized spacial score (nSPS) is 12.7. The molecular formula is C14H22FNO3S. The summed E-state index contributed by atoms with van der Waals surface area (Å²) in [6.45, 7) is 5.77. The molecule has 6 heteroatoms. The van der Waals surface area contributed by atoms with Gasteiger partial charge in [0.15, 0.2) is 0 Å². The van der Waals surface area contributed by atoms with Gasteiger partial charge in [-0.1, -0.05) is 13.8 Å². The van der Waals surface area contributed by atoms with Crippen molar-refractivity contribution in [2.45, 2.75) is 38.5 Å². The molecule has 0 spiro atoms. The van der Waals surface area contributed by atoms with Gasteiger partial charge in [-0.05, 0) is 48.9 Å². The van der Waals surface area contributed by atoms with Gasteiger partial charge in [-0.25, -0.2) is 17.5 Å². The molecule has 0 unspecified atom stereocenters. The molecule has 20 heavy (non-hydrogen) atoms. The summed E-state index contributed by atoms with van der Waals surface area (Å²) in [5.41, 5.74) is 0.172. The van der Waals surface area contributed by atoms with Crippen LogP contribution < -0.4 is 4.72 Å². The van der Waals surface area contributed by atoms with E-state index in [1.54, 1.807) is 6.92 Å². The molecule has 0 aliphatic rings. The highest BCUT2D eigenvalue weighted by Crippen LogP contribution is 2.21. The fraction of sp³-hybridized carbons (Fsp3) is 0.571. The monoisotopic (exact) mass is 303 g/mol. The number of hydrogen-bond acceptors (Lipinski definition) is 3. The Hall–Kier alpha value is -0.980. The standard InChI is InChI=1S/C14H22FNO3S/c1-11-9-12(15)5-6-13(11)20(18,19)16-8-4-7-14(2,3)10-17/h5-6,9,16-17H,4,7-8,10H2,1-3H3. The van der Waals surface area contributed by atoms with Gasteiger partial charge in [0.05, 0.1) is 4.90 Å². The summed E-state index contributed by atoms with van der Waals surface area (Å²) in [6.07, 6.45) is 1.35. The second-order valence-electron chi connectivity index (χ2n) is 5.73. The van der Waals surface area contributed by atoms with Gasteiger partial charge in [-0.15, -0.1) is 0 Å². The lowest BCUT2D eigenvalue weighted by Crippen LogP contribution is -2.27.